The molecule has 0 saturated carbocycles. The van der Waals surface area contributed by atoms with Gasteiger partial charge in [-0.3, -0.25) is 0 Å². The first kappa shape index (κ1) is 13.5. The number of hydrogen-bond donors (Lipinski definition) is 1. The quantitative estimate of drug-likeness (QED) is 0.878. The fourth-order valence-electron chi connectivity index (χ4n) is 1.11. The zero-order valence-electron chi connectivity index (χ0n) is 10.3. The van der Waals surface area contributed by atoms with Gasteiger partial charge in [-0.2, -0.15) is 5.26 Å². The molecule has 1 atom stereocenters. The van der Waals surface area contributed by atoms with Crippen LogP contribution >= 0.6 is 11.3 Å². The number of rotatable bonds is 2. The maximum Gasteiger partial charge on any atom is 0.409 e. The van der Waals surface area contributed by atoms with Crippen molar-refractivity contribution in [2.75, 3.05) is 0 Å². The highest BCUT2D eigenvalue weighted by Crippen LogP contribution is 2.16. The summed E-state index contributed by atoms with van der Waals surface area (Å²) in [6.45, 7) is 7.14. The fraction of sp³-hybridized carbons (Fsp3) is 0.545. The molecule has 0 saturated heterocycles. The van der Waals surface area contributed by atoms with E-state index in [1.165, 1.54) is 11.3 Å². The van der Waals surface area contributed by atoms with Crippen LogP contribution in [-0.4, -0.2) is 16.7 Å². The first-order chi connectivity index (χ1) is 7.81. The van der Waals surface area contributed by atoms with Crippen molar-refractivity contribution < 1.29 is 9.53 Å². The Balaban J connectivity index is 2.66. The minimum atomic E-state index is -0.769. The molecule has 0 bridgehead atoms. The van der Waals surface area contributed by atoms with Crippen molar-refractivity contribution in [3.8, 4) is 6.07 Å². The van der Waals surface area contributed by atoms with E-state index in [2.05, 4.69) is 10.3 Å². The molecular formula is C11H15N3O2S. The summed E-state index contributed by atoms with van der Waals surface area (Å²) >= 11 is 1.43. The molecule has 0 spiro atoms. The number of alkyl carbamates (subject to hydrolysis) is 1. The lowest BCUT2D eigenvalue weighted by Gasteiger charge is -2.20. The number of thiazole rings is 1. The molecule has 0 radical (unpaired) electrons. The average Bonchev–Trinajstić information content (AvgIpc) is 2.58. The van der Waals surface area contributed by atoms with E-state index < -0.39 is 17.7 Å². The zero-order chi connectivity index (χ0) is 13.1. The van der Waals surface area contributed by atoms with Crippen LogP contribution in [0.3, 0.4) is 0 Å². The maximum atomic E-state index is 11.5. The Bertz CT molecular complexity index is 442. The van der Waals surface area contributed by atoms with Crippen LogP contribution in [0.4, 0.5) is 4.79 Å². The van der Waals surface area contributed by atoms with Gasteiger partial charge in [-0.1, -0.05) is 0 Å². The van der Waals surface area contributed by atoms with Gasteiger partial charge >= 0.3 is 6.09 Å². The van der Waals surface area contributed by atoms with Crippen molar-refractivity contribution in [1.82, 2.24) is 10.3 Å². The van der Waals surface area contributed by atoms with Crippen LogP contribution in [0.25, 0.3) is 0 Å². The average molecular weight is 253 g/mol. The third-order valence-corrected chi connectivity index (χ3v) is 2.51. The number of hydrogen-bond acceptors (Lipinski definition) is 5. The molecule has 0 aromatic carbocycles. The molecule has 0 fully saturated rings. The second-order valence-electron chi connectivity index (χ2n) is 4.50. The summed E-state index contributed by atoms with van der Waals surface area (Å²) in [5.41, 5.74) is -0.0388. The second kappa shape index (κ2) is 5.15. The summed E-state index contributed by atoms with van der Waals surface area (Å²) in [4.78, 5) is 15.7. The Hall–Kier alpha value is -1.61. The van der Waals surface area contributed by atoms with Crippen LogP contribution in [0.2, 0.25) is 0 Å². The number of amides is 1. The number of carbonyl (C=O) groups excluding carboxylic acids is 1. The van der Waals surface area contributed by atoms with Crippen LogP contribution in [-0.2, 0) is 4.74 Å². The van der Waals surface area contributed by atoms with E-state index in [1.807, 2.05) is 13.0 Å². The highest BCUT2D eigenvalue weighted by atomic mass is 32.1. The zero-order valence-corrected chi connectivity index (χ0v) is 11.1. The second-order valence-corrected chi connectivity index (χ2v) is 5.56. The minimum Gasteiger partial charge on any atom is -0.444 e. The van der Waals surface area contributed by atoms with Gasteiger partial charge in [0, 0.05) is 5.38 Å². The molecule has 0 unspecified atom stereocenters. The lowest BCUT2D eigenvalue weighted by Crippen LogP contribution is -2.34. The summed E-state index contributed by atoms with van der Waals surface area (Å²) < 4.78 is 5.07. The molecule has 1 amide bonds. The van der Waals surface area contributed by atoms with E-state index in [9.17, 15) is 4.79 Å². The number of nitrogens with one attached hydrogen (secondary N) is 1. The molecule has 1 heterocycles. The predicted molar refractivity (Wildman–Crippen MR) is 64.6 cm³/mol. The number of aryl methyl sites for hydroxylation is 1. The number of nitriles is 1. The van der Waals surface area contributed by atoms with Crippen molar-refractivity contribution in [1.29, 1.82) is 5.26 Å². The van der Waals surface area contributed by atoms with Gasteiger partial charge in [0.05, 0.1) is 16.8 Å². The van der Waals surface area contributed by atoms with Gasteiger partial charge < -0.3 is 10.1 Å². The smallest absolute Gasteiger partial charge is 0.409 e. The largest absolute Gasteiger partial charge is 0.444 e. The molecule has 1 N–H and O–H groups in total. The minimum absolute atomic E-state index is 0.542. The van der Waals surface area contributed by atoms with Crippen LogP contribution in [0, 0.1) is 18.3 Å². The van der Waals surface area contributed by atoms with E-state index in [1.54, 1.807) is 26.2 Å². The SMILES string of the molecule is Cc1nc([C@H](C#N)NC(=O)OC(C)(C)C)cs1. The van der Waals surface area contributed by atoms with Gasteiger partial charge in [0.15, 0.2) is 6.04 Å². The van der Waals surface area contributed by atoms with E-state index in [-0.39, 0.29) is 0 Å². The molecular weight excluding hydrogens is 238 g/mol. The first-order valence-electron chi connectivity index (χ1n) is 5.13. The first-order valence-corrected chi connectivity index (χ1v) is 6.01. The van der Waals surface area contributed by atoms with E-state index in [0.29, 0.717) is 5.69 Å². The van der Waals surface area contributed by atoms with Gasteiger partial charge in [-0.15, -0.1) is 11.3 Å². The van der Waals surface area contributed by atoms with Gasteiger partial charge in [0.25, 0.3) is 0 Å². The molecule has 0 aliphatic carbocycles. The van der Waals surface area contributed by atoms with Gasteiger partial charge in [-0.05, 0) is 27.7 Å². The summed E-state index contributed by atoms with van der Waals surface area (Å²) in [5, 5.41) is 14.1. The molecule has 0 aliphatic heterocycles. The van der Waals surface area contributed by atoms with E-state index in [4.69, 9.17) is 10.00 Å². The van der Waals surface area contributed by atoms with Crippen molar-refractivity contribution >= 4 is 17.4 Å². The van der Waals surface area contributed by atoms with Crippen molar-refractivity contribution in [3.05, 3.63) is 16.1 Å². The molecule has 6 heteroatoms. The lowest BCUT2D eigenvalue weighted by atomic mass is 10.2. The summed E-state index contributed by atoms with van der Waals surface area (Å²) in [7, 11) is 0. The van der Waals surface area contributed by atoms with Gasteiger partial charge in [-0.25, -0.2) is 9.78 Å². The standard InChI is InChI=1S/C11H15N3O2S/c1-7-13-9(6-17-7)8(5-12)14-10(15)16-11(2,3)4/h6,8H,1-4H3,(H,14,15)/t8-/m0/s1. The maximum absolute atomic E-state index is 11.5. The number of ether oxygens (including phenoxy) is 1. The van der Waals surface area contributed by atoms with Crippen LogP contribution in [0.5, 0.6) is 0 Å². The van der Waals surface area contributed by atoms with E-state index in [0.717, 1.165) is 5.01 Å². The van der Waals surface area contributed by atoms with Crippen molar-refractivity contribution in [2.45, 2.75) is 39.3 Å². The summed E-state index contributed by atoms with van der Waals surface area (Å²) in [6, 6.07) is 1.21. The summed E-state index contributed by atoms with van der Waals surface area (Å²) in [5.74, 6) is 0. The molecule has 5 nitrogen and oxygen atoms in total. The topological polar surface area (TPSA) is 75.0 Å². The summed E-state index contributed by atoms with van der Waals surface area (Å²) in [6.07, 6.45) is -0.616. The van der Waals surface area contributed by atoms with Crippen LogP contribution in [0.15, 0.2) is 5.38 Å². The predicted octanol–water partition coefficient (Wildman–Crippen LogP) is 2.54. The molecule has 92 valence electrons. The molecule has 1 aromatic heterocycles. The third kappa shape index (κ3) is 4.41. The lowest BCUT2D eigenvalue weighted by molar-refractivity contribution is 0.0514. The fourth-order valence-corrected chi connectivity index (χ4v) is 1.75. The van der Waals surface area contributed by atoms with Crippen LogP contribution < -0.4 is 5.32 Å². The van der Waals surface area contributed by atoms with E-state index >= 15 is 0 Å². The van der Waals surface area contributed by atoms with Crippen molar-refractivity contribution in [3.63, 3.8) is 0 Å². The molecule has 17 heavy (non-hydrogen) atoms. The highest BCUT2D eigenvalue weighted by molar-refractivity contribution is 7.09. The molecule has 1 rings (SSSR count). The number of aromatic nitrogens is 1. The van der Waals surface area contributed by atoms with Gasteiger partial charge in [0.2, 0.25) is 0 Å². The Morgan fingerprint density at radius 2 is 2.29 bits per heavy atom. The number of nitrogens with zero attached hydrogens (tertiary/aromatic N) is 2. The Labute approximate surface area is 104 Å². The molecule has 1 aromatic rings. The third-order valence-electron chi connectivity index (χ3n) is 1.72. The molecule has 0 aliphatic rings. The monoisotopic (exact) mass is 253 g/mol. The normalized spacial score (nSPS) is 12.6. The Morgan fingerprint density at radius 1 is 1.65 bits per heavy atom. The number of carbonyl (C=O) groups is 1. The van der Waals surface area contributed by atoms with Crippen molar-refractivity contribution in [2.24, 2.45) is 0 Å². The van der Waals surface area contributed by atoms with Gasteiger partial charge in [0.1, 0.15) is 5.60 Å². The van der Waals surface area contributed by atoms with Crippen LogP contribution in [0.1, 0.15) is 37.5 Å². The Kier molecular flexibility index (Phi) is 4.07. The highest BCUT2D eigenvalue weighted by Gasteiger charge is 2.21. The Morgan fingerprint density at radius 3 is 2.71 bits per heavy atom.